The van der Waals surface area contributed by atoms with Crippen LogP contribution in [0.15, 0.2) is 109 Å². The van der Waals surface area contributed by atoms with Gasteiger partial charge in [0.15, 0.2) is 0 Å². The van der Waals surface area contributed by atoms with E-state index in [-0.39, 0.29) is 47.7 Å². The molecule has 8 nitrogen and oxygen atoms in total. The summed E-state index contributed by atoms with van der Waals surface area (Å²) < 4.78 is 12.0. The maximum atomic E-state index is 9.45. The summed E-state index contributed by atoms with van der Waals surface area (Å²) in [6.07, 6.45) is 1.07. The zero-order valence-corrected chi connectivity index (χ0v) is 32.7. The van der Waals surface area contributed by atoms with Gasteiger partial charge >= 0.3 is 0 Å². The van der Waals surface area contributed by atoms with Gasteiger partial charge in [-0.2, -0.15) is 0 Å². The fourth-order valence-electron chi connectivity index (χ4n) is 6.47. The smallest absolute Gasteiger partial charge is 0.146 e. The maximum Gasteiger partial charge on any atom is 0.146 e. The third-order valence-corrected chi connectivity index (χ3v) is 9.85. The number of aliphatic hydroxyl groups excluding tert-OH is 2. The van der Waals surface area contributed by atoms with Crippen LogP contribution in [0.3, 0.4) is 0 Å². The Kier molecular flexibility index (Phi) is 20.0. The number of nitrogens with zero attached hydrogens (tertiary/aromatic N) is 4. The molecule has 0 saturated carbocycles. The van der Waals surface area contributed by atoms with Crippen molar-refractivity contribution < 1.29 is 19.7 Å². The highest BCUT2D eigenvalue weighted by molar-refractivity contribution is 5.88. The normalized spacial score (nSPS) is 11.5. The zero-order valence-electron chi connectivity index (χ0n) is 32.7. The molecule has 4 aromatic carbocycles. The van der Waals surface area contributed by atoms with Crippen LogP contribution in [0.2, 0.25) is 0 Å². The average Bonchev–Trinajstić information content (AvgIpc) is 3.23. The van der Waals surface area contributed by atoms with E-state index in [1.54, 1.807) is 0 Å². The lowest BCUT2D eigenvalue weighted by Crippen LogP contribution is -2.21. The number of aromatic nitrogens is 2. The minimum Gasteiger partial charge on any atom is -0.486 e. The van der Waals surface area contributed by atoms with Gasteiger partial charge in [-0.1, -0.05) is 96.8 Å². The molecule has 0 radical (unpaired) electrons. The Labute approximate surface area is 343 Å². The maximum absolute atomic E-state index is 9.45. The van der Waals surface area contributed by atoms with Crippen molar-refractivity contribution >= 4 is 33.2 Å². The highest BCUT2D eigenvalue weighted by atomic mass is 16.5. The molecule has 2 aromatic heterocycles. The molecule has 2 unspecified atom stereocenters. The number of rotatable bonds is 16. The number of fused-ring (bicyclic) bond motifs is 2. The van der Waals surface area contributed by atoms with E-state index in [4.69, 9.17) is 19.4 Å². The number of anilines is 2. The Morgan fingerprint density at radius 2 is 0.825 bits per heavy atom. The second-order valence-corrected chi connectivity index (χ2v) is 13.1. The lowest BCUT2D eigenvalue weighted by Gasteiger charge is -2.21. The third kappa shape index (κ3) is 11.9. The molecule has 0 aliphatic carbocycles. The van der Waals surface area contributed by atoms with Gasteiger partial charge in [0, 0.05) is 59.5 Å². The van der Waals surface area contributed by atoms with Crippen LogP contribution in [0.1, 0.15) is 76.7 Å². The summed E-state index contributed by atoms with van der Waals surface area (Å²) in [4.78, 5) is 14.4. The van der Waals surface area contributed by atoms with E-state index < -0.39 is 0 Å². The highest BCUT2D eigenvalue weighted by Gasteiger charge is 2.14. The first-order valence-corrected chi connectivity index (χ1v) is 19.4. The third-order valence-electron chi connectivity index (χ3n) is 9.85. The summed E-state index contributed by atoms with van der Waals surface area (Å²) in [5, 5.41) is 21.0. The second kappa shape index (κ2) is 23.8. The van der Waals surface area contributed by atoms with Crippen LogP contribution in [0, 0.1) is 0 Å². The van der Waals surface area contributed by atoms with Gasteiger partial charge in [0.1, 0.15) is 34.7 Å². The minimum absolute atomic E-state index is 0. The van der Waals surface area contributed by atoms with Crippen molar-refractivity contribution in [2.24, 2.45) is 0 Å². The molecule has 8 heteroatoms. The Balaban J connectivity index is 0.000000374. The van der Waals surface area contributed by atoms with Crippen LogP contribution in [-0.4, -0.2) is 71.8 Å². The number of ether oxygens (including phenoxy) is 2. The van der Waals surface area contributed by atoms with Gasteiger partial charge in [-0.25, -0.2) is 9.97 Å². The van der Waals surface area contributed by atoms with E-state index in [0.29, 0.717) is 0 Å². The van der Waals surface area contributed by atoms with Crippen LogP contribution in [-0.2, 0) is 0 Å². The molecule has 0 saturated heterocycles. The first-order valence-electron chi connectivity index (χ1n) is 19.4. The molecule has 0 spiro atoms. The van der Waals surface area contributed by atoms with Crippen molar-refractivity contribution in [2.45, 2.75) is 88.9 Å². The molecular formula is C49H68N4O4. The second-order valence-electron chi connectivity index (χ2n) is 13.1. The van der Waals surface area contributed by atoms with Crippen molar-refractivity contribution in [1.29, 1.82) is 0 Å². The van der Waals surface area contributed by atoms with Crippen LogP contribution in [0.5, 0.6) is 11.5 Å². The molecule has 0 bridgehead atoms. The van der Waals surface area contributed by atoms with Crippen LogP contribution >= 0.6 is 0 Å². The molecule has 2 atom stereocenters. The van der Waals surface area contributed by atoms with E-state index >= 15 is 0 Å². The van der Waals surface area contributed by atoms with Gasteiger partial charge in [-0.05, 0) is 89.1 Å². The molecule has 0 amide bonds. The SMILES string of the molecule is C.C.C.CCC(CO)Oc1cccc2ccc(-c3ccc(N(CC)CC)cc3)nc12.CCC(CO)Oc1cccc2ccc(-c3ccc(N(CC)CC)cc3)nc12. The molecular weight excluding hydrogens is 709 g/mol. The molecule has 2 heterocycles. The Morgan fingerprint density at radius 1 is 0.474 bits per heavy atom. The van der Waals surface area contributed by atoms with Crippen molar-refractivity contribution in [3.05, 3.63) is 109 Å². The summed E-state index contributed by atoms with van der Waals surface area (Å²) in [6.45, 7) is 16.6. The van der Waals surface area contributed by atoms with Crippen molar-refractivity contribution in [3.8, 4) is 34.0 Å². The quantitative estimate of drug-likeness (QED) is 0.100. The van der Waals surface area contributed by atoms with E-state index in [1.165, 1.54) is 11.4 Å². The highest BCUT2D eigenvalue weighted by Crippen LogP contribution is 2.31. The monoisotopic (exact) mass is 777 g/mol. The van der Waals surface area contributed by atoms with Gasteiger partial charge in [0.2, 0.25) is 0 Å². The first-order chi connectivity index (χ1) is 26.4. The lowest BCUT2D eigenvalue weighted by molar-refractivity contribution is 0.114. The summed E-state index contributed by atoms with van der Waals surface area (Å²) in [7, 11) is 0. The number of aliphatic hydroxyl groups is 2. The zero-order chi connectivity index (χ0) is 38.5. The number of hydrogen-bond donors (Lipinski definition) is 2. The van der Waals surface area contributed by atoms with Crippen LogP contribution in [0.25, 0.3) is 44.3 Å². The van der Waals surface area contributed by atoms with Gasteiger partial charge in [-0.3, -0.25) is 0 Å². The first kappa shape index (κ1) is 48.0. The standard InChI is InChI=1S/2C23H28N2O2.3CH4/c2*1-4-20(16-26)27-22-9-7-8-18-12-15-21(24-23(18)22)17-10-13-19(14-11-17)25(5-2)6-3;;;/h2*7-15,20,26H,4-6,16H2,1-3H3;3*1H4. The largest absolute Gasteiger partial charge is 0.486 e. The van der Waals surface area contributed by atoms with E-state index in [2.05, 4.69) is 98.2 Å². The molecule has 0 aliphatic heterocycles. The Hall–Kier alpha value is -5.18. The van der Waals surface area contributed by atoms with E-state index in [1.807, 2.05) is 62.4 Å². The molecule has 57 heavy (non-hydrogen) atoms. The predicted octanol–water partition coefficient (Wildman–Crippen LogP) is 11.7. The van der Waals surface area contributed by atoms with E-state index in [9.17, 15) is 10.2 Å². The van der Waals surface area contributed by atoms with Gasteiger partial charge in [0.25, 0.3) is 0 Å². The molecule has 0 aliphatic rings. The average molecular weight is 777 g/mol. The fourth-order valence-corrected chi connectivity index (χ4v) is 6.47. The summed E-state index contributed by atoms with van der Waals surface area (Å²) in [6, 6.07) is 37.1. The van der Waals surface area contributed by atoms with E-state index in [0.717, 1.165) is 94.8 Å². The van der Waals surface area contributed by atoms with Crippen LogP contribution in [0.4, 0.5) is 11.4 Å². The predicted molar refractivity (Wildman–Crippen MR) is 245 cm³/mol. The Morgan fingerprint density at radius 3 is 1.12 bits per heavy atom. The number of pyridine rings is 2. The molecule has 6 rings (SSSR count). The van der Waals surface area contributed by atoms with Crippen molar-refractivity contribution in [3.63, 3.8) is 0 Å². The Bertz CT molecular complexity index is 1890. The molecule has 6 aromatic rings. The number of para-hydroxylation sites is 2. The number of benzene rings is 4. The molecule has 2 N–H and O–H groups in total. The van der Waals surface area contributed by atoms with Crippen LogP contribution < -0.4 is 19.3 Å². The number of hydrogen-bond acceptors (Lipinski definition) is 8. The lowest BCUT2D eigenvalue weighted by atomic mass is 10.1. The summed E-state index contributed by atoms with van der Waals surface area (Å²) in [5.41, 5.74) is 8.10. The van der Waals surface area contributed by atoms with Crippen molar-refractivity contribution in [2.75, 3.05) is 49.2 Å². The minimum atomic E-state index is -0.214. The van der Waals surface area contributed by atoms with Gasteiger partial charge in [0.05, 0.1) is 24.6 Å². The fraction of sp³-hybridized carbons (Fsp3) is 0.388. The summed E-state index contributed by atoms with van der Waals surface area (Å²) >= 11 is 0. The van der Waals surface area contributed by atoms with Crippen molar-refractivity contribution in [1.82, 2.24) is 9.97 Å². The molecule has 0 fully saturated rings. The van der Waals surface area contributed by atoms with Gasteiger partial charge in [-0.15, -0.1) is 0 Å². The molecule has 308 valence electrons. The topological polar surface area (TPSA) is 91.2 Å². The summed E-state index contributed by atoms with van der Waals surface area (Å²) in [5.74, 6) is 1.44. The van der Waals surface area contributed by atoms with Gasteiger partial charge < -0.3 is 29.5 Å².